The van der Waals surface area contributed by atoms with Gasteiger partial charge in [-0.15, -0.1) is 35.3 Å². The molecule has 1 aliphatic heterocycles. The van der Waals surface area contributed by atoms with Gasteiger partial charge in [0.05, 0.1) is 19.3 Å². The summed E-state index contributed by atoms with van der Waals surface area (Å²) in [6.45, 7) is 8.81. The molecule has 1 saturated heterocycles. The topological polar surface area (TPSA) is 54.9 Å². The van der Waals surface area contributed by atoms with Crippen LogP contribution in [0.15, 0.2) is 11.1 Å². The lowest BCUT2D eigenvalue weighted by molar-refractivity contribution is 0.0420. The molecule has 1 aromatic heterocycles. The first-order valence-corrected chi connectivity index (χ1v) is 10.6. The van der Waals surface area contributed by atoms with Crippen LogP contribution >= 0.6 is 35.3 Å². The van der Waals surface area contributed by atoms with Gasteiger partial charge in [-0.2, -0.15) is 0 Å². The predicted octanol–water partition coefficient (Wildman–Crippen LogP) is 3.74. The lowest BCUT2D eigenvalue weighted by Gasteiger charge is -2.29. The molecule has 3 rings (SSSR count). The molecule has 154 valence electrons. The minimum Gasteiger partial charge on any atom is -0.379 e. The van der Waals surface area contributed by atoms with Crippen molar-refractivity contribution >= 4 is 41.3 Å². The Bertz CT molecular complexity index is 612. The summed E-state index contributed by atoms with van der Waals surface area (Å²) in [5, 5.41) is 6.81. The fourth-order valence-corrected chi connectivity index (χ4v) is 4.73. The second-order valence-corrected chi connectivity index (χ2v) is 9.29. The molecule has 7 heteroatoms. The van der Waals surface area contributed by atoms with Crippen molar-refractivity contribution in [2.45, 2.75) is 58.6 Å². The van der Waals surface area contributed by atoms with Gasteiger partial charge >= 0.3 is 0 Å². The molecule has 1 fully saturated rings. The van der Waals surface area contributed by atoms with Gasteiger partial charge in [0, 0.05) is 36.6 Å². The summed E-state index contributed by atoms with van der Waals surface area (Å²) in [7, 11) is 1.82. The van der Waals surface area contributed by atoms with Crippen LogP contribution in [0.4, 0.5) is 0 Å². The lowest BCUT2D eigenvalue weighted by Crippen LogP contribution is -2.37. The number of aliphatic imine (C=N–C) groups is 1. The highest BCUT2D eigenvalue weighted by Gasteiger charge is 2.26. The average molecular weight is 507 g/mol. The van der Waals surface area contributed by atoms with Gasteiger partial charge in [-0.05, 0) is 49.1 Å². The minimum atomic E-state index is 0. The van der Waals surface area contributed by atoms with E-state index in [4.69, 9.17) is 9.47 Å². The first-order valence-electron chi connectivity index (χ1n) is 9.80. The Balaban J connectivity index is 0.00000261. The number of nitrogens with zero attached hydrogens (tertiary/aromatic N) is 1. The van der Waals surface area contributed by atoms with E-state index in [1.54, 1.807) is 10.4 Å². The molecule has 2 aliphatic rings. The van der Waals surface area contributed by atoms with Gasteiger partial charge in [-0.3, -0.25) is 4.99 Å². The molecular weight excluding hydrogens is 473 g/mol. The van der Waals surface area contributed by atoms with Crippen molar-refractivity contribution in [2.24, 2.45) is 10.4 Å². The molecule has 0 saturated carbocycles. The van der Waals surface area contributed by atoms with Gasteiger partial charge in [0.2, 0.25) is 0 Å². The number of hydrogen-bond acceptors (Lipinski definition) is 4. The highest BCUT2D eigenvalue weighted by atomic mass is 127. The van der Waals surface area contributed by atoms with Gasteiger partial charge in [0.15, 0.2) is 5.96 Å². The monoisotopic (exact) mass is 507 g/mol. The van der Waals surface area contributed by atoms with Crippen LogP contribution in [0, 0.1) is 5.41 Å². The fraction of sp³-hybridized carbons (Fsp3) is 0.750. The van der Waals surface area contributed by atoms with Crippen LogP contribution in [-0.4, -0.2) is 45.5 Å². The van der Waals surface area contributed by atoms with Gasteiger partial charge in [-0.25, -0.2) is 0 Å². The smallest absolute Gasteiger partial charge is 0.191 e. The third kappa shape index (κ3) is 7.18. The first kappa shape index (κ1) is 22.9. The maximum atomic E-state index is 5.79. The van der Waals surface area contributed by atoms with E-state index in [1.165, 1.54) is 24.1 Å². The summed E-state index contributed by atoms with van der Waals surface area (Å²) in [5.41, 5.74) is 2.00. The van der Waals surface area contributed by atoms with Crippen LogP contribution in [0.5, 0.6) is 0 Å². The third-order valence-electron chi connectivity index (χ3n) is 5.15. The zero-order chi connectivity index (χ0) is 18.4. The van der Waals surface area contributed by atoms with E-state index in [-0.39, 0.29) is 24.0 Å². The highest BCUT2D eigenvalue weighted by molar-refractivity contribution is 14.0. The van der Waals surface area contributed by atoms with Gasteiger partial charge < -0.3 is 20.1 Å². The van der Waals surface area contributed by atoms with Gasteiger partial charge in [-0.1, -0.05) is 13.8 Å². The standard InChI is InChI=1S/C20H33N3O2S.HI/c1-20(2)7-5-18-15(12-20)11-17(26-18)13-23-19(21-3)22-8-4-9-25-16-6-10-24-14-16;/h11,16H,4-10,12-14H2,1-3H3,(H2,21,22,23);1H. The molecule has 1 aliphatic carbocycles. The van der Waals surface area contributed by atoms with Crippen molar-refractivity contribution in [2.75, 3.05) is 33.4 Å². The fourth-order valence-electron chi connectivity index (χ4n) is 3.60. The van der Waals surface area contributed by atoms with E-state index in [2.05, 4.69) is 35.5 Å². The van der Waals surface area contributed by atoms with Crippen LogP contribution in [0.2, 0.25) is 0 Å². The van der Waals surface area contributed by atoms with Crippen molar-refractivity contribution in [3.8, 4) is 0 Å². The molecule has 27 heavy (non-hydrogen) atoms. The van der Waals surface area contributed by atoms with Gasteiger partial charge in [0.1, 0.15) is 0 Å². The van der Waals surface area contributed by atoms with Crippen molar-refractivity contribution in [1.82, 2.24) is 10.6 Å². The van der Waals surface area contributed by atoms with Crippen molar-refractivity contribution in [3.63, 3.8) is 0 Å². The molecule has 5 nitrogen and oxygen atoms in total. The first-order chi connectivity index (χ1) is 12.6. The number of fused-ring (bicyclic) bond motifs is 1. The summed E-state index contributed by atoms with van der Waals surface area (Å²) in [6, 6.07) is 2.39. The number of rotatable bonds is 7. The van der Waals surface area contributed by atoms with Crippen molar-refractivity contribution in [1.29, 1.82) is 0 Å². The molecule has 0 spiro atoms. The molecule has 0 amide bonds. The number of aryl methyl sites for hydroxylation is 1. The molecule has 2 N–H and O–H groups in total. The van der Waals surface area contributed by atoms with Crippen LogP contribution in [0.25, 0.3) is 0 Å². The van der Waals surface area contributed by atoms with Crippen LogP contribution in [0.3, 0.4) is 0 Å². The molecule has 2 heterocycles. The summed E-state index contributed by atoms with van der Waals surface area (Å²) in [5.74, 6) is 0.862. The normalized spacial score (nSPS) is 21.4. The van der Waals surface area contributed by atoms with E-state index in [0.717, 1.165) is 51.7 Å². The molecule has 1 aromatic rings. The Morgan fingerprint density at radius 3 is 3.00 bits per heavy atom. The van der Waals surface area contributed by atoms with Crippen molar-refractivity contribution < 1.29 is 9.47 Å². The maximum Gasteiger partial charge on any atom is 0.191 e. The third-order valence-corrected chi connectivity index (χ3v) is 6.39. The Hall–Kier alpha value is -0.380. The molecule has 0 bridgehead atoms. The van der Waals surface area contributed by atoms with E-state index in [0.29, 0.717) is 11.5 Å². The SMILES string of the molecule is CN=C(NCCCOC1CCOC1)NCc1cc2c(s1)CCC(C)(C)C2.I. The second-order valence-electron chi connectivity index (χ2n) is 8.06. The number of nitrogens with one attached hydrogen (secondary N) is 2. The van der Waals surface area contributed by atoms with E-state index in [9.17, 15) is 0 Å². The zero-order valence-electron chi connectivity index (χ0n) is 16.8. The van der Waals surface area contributed by atoms with Crippen LogP contribution in [-0.2, 0) is 28.9 Å². The van der Waals surface area contributed by atoms with E-state index in [1.807, 2.05) is 18.4 Å². The number of hydrogen-bond donors (Lipinski definition) is 2. The van der Waals surface area contributed by atoms with Crippen molar-refractivity contribution in [3.05, 3.63) is 21.4 Å². The molecule has 0 radical (unpaired) electrons. The largest absolute Gasteiger partial charge is 0.379 e. The Morgan fingerprint density at radius 2 is 2.26 bits per heavy atom. The zero-order valence-corrected chi connectivity index (χ0v) is 20.0. The molecule has 1 atom stereocenters. The Kier molecular flexibility index (Phi) is 9.31. The summed E-state index contributed by atoms with van der Waals surface area (Å²) in [6.07, 6.45) is 6.02. The number of thiophene rings is 1. The van der Waals surface area contributed by atoms with E-state index >= 15 is 0 Å². The molecule has 0 aromatic carbocycles. The summed E-state index contributed by atoms with van der Waals surface area (Å²) < 4.78 is 11.1. The van der Waals surface area contributed by atoms with E-state index < -0.39 is 0 Å². The van der Waals surface area contributed by atoms with Crippen LogP contribution < -0.4 is 10.6 Å². The summed E-state index contributed by atoms with van der Waals surface area (Å²) in [4.78, 5) is 7.31. The molecule has 1 unspecified atom stereocenters. The number of halogens is 1. The number of guanidine groups is 1. The lowest BCUT2D eigenvalue weighted by atomic mass is 9.77. The Labute approximate surface area is 184 Å². The second kappa shape index (κ2) is 11.0. The predicted molar refractivity (Wildman–Crippen MR) is 124 cm³/mol. The molecular formula is C20H34IN3O2S. The minimum absolute atomic E-state index is 0. The quantitative estimate of drug-likeness (QED) is 0.256. The maximum absolute atomic E-state index is 5.79. The van der Waals surface area contributed by atoms with Gasteiger partial charge in [0.25, 0.3) is 0 Å². The average Bonchev–Trinajstić information content (AvgIpc) is 3.25. The van der Waals surface area contributed by atoms with Crippen LogP contribution in [0.1, 0.15) is 48.4 Å². The summed E-state index contributed by atoms with van der Waals surface area (Å²) >= 11 is 1.96. The Morgan fingerprint density at radius 1 is 1.41 bits per heavy atom. The number of ether oxygens (including phenoxy) is 2. The highest BCUT2D eigenvalue weighted by Crippen LogP contribution is 2.38.